The number of amides is 1. The fourth-order valence-corrected chi connectivity index (χ4v) is 4.05. The standard InChI is InChI=1S/C26H33NO6/c1-5-7-8-25(28)27-14-13-19-15-23(30-3)24(31-4)16-21(19)22(27)17-33-20-11-9-18(10-12-20)26(29)32-6-2/h9-12,15-16,22H,5-8,13-14,17H2,1-4H3/t22-/m0/s1. The minimum atomic E-state index is -0.362. The number of hydrogen-bond acceptors (Lipinski definition) is 6. The average molecular weight is 456 g/mol. The first kappa shape index (κ1) is 24.4. The van der Waals surface area contributed by atoms with E-state index >= 15 is 0 Å². The van der Waals surface area contributed by atoms with Crippen LogP contribution in [0, 0.1) is 0 Å². The van der Waals surface area contributed by atoms with E-state index < -0.39 is 0 Å². The maximum absolute atomic E-state index is 13.0. The molecule has 3 rings (SSSR count). The minimum Gasteiger partial charge on any atom is -0.493 e. The number of benzene rings is 2. The third-order valence-corrected chi connectivity index (χ3v) is 5.84. The largest absolute Gasteiger partial charge is 0.493 e. The summed E-state index contributed by atoms with van der Waals surface area (Å²) in [5, 5.41) is 0. The highest BCUT2D eigenvalue weighted by atomic mass is 16.5. The summed E-state index contributed by atoms with van der Waals surface area (Å²) in [6.45, 7) is 5.10. The normalized spacial score (nSPS) is 14.9. The molecule has 0 radical (unpaired) electrons. The summed E-state index contributed by atoms with van der Waals surface area (Å²) < 4.78 is 22.1. The van der Waals surface area contributed by atoms with Crippen LogP contribution in [0.5, 0.6) is 17.2 Å². The third kappa shape index (κ3) is 5.78. The summed E-state index contributed by atoms with van der Waals surface area (Å²) in [5.74, 6) is 1.69. The van der Waals surface area contributed by atoms with Gasteiger partial charge in [0.1, 0.15) is 12.4 Å². The number of esters is 1. The Kier molecular flexibility index (Phi) is 8.58. The Labute approximate surface area is 195 Å². The number of unbranched alkanes of at least 4 members (excludes halogenated alkanes) is 1. The molecule has 0 spiro atoms. The first-order valence-corrected chi connectivity index (χ1v) is 11.5. The van der Waals surface area contributed by atoms with Crippen molar-refractivity contribution in [1.29, 1.82) is 0 Å². The summed E-state index contributed by atoms with van der Waals surface area (Å²) in [5.41, 5.74) is 2.60. The van der Waals surface area contributed by atoms with E-state index in [2.05, 4.69) is 6.92 Å². The number of ether oxygens (including phenoxy) is 4. The van der Waals surface area contributed by atoms with Crippen LogP contribution in [0.3, 0.4) is 0 Å². The zero-order valence-corrected chi connectivity index (χ0v) is 19.9. The highest BCUT2D eigenvalue weighted by Crippen LogP contribution is 2.38. The molecule has 0 aromatic heterocycles. The fraction of sp³-hybridized carbons (Fsp3) is 0.462. The van der Waals surface area contributed by atoms with E-state index in [9.17, 15) is 9.59 Å². The topological polar surface area (TPSA) is 74.3 Å². The van der Waals surface area contributed by atoms with Crippen LogP contribution in [0.4, 0.5) is 0 Å². The van der Waals surface area contributed by atoms with Crippen molar-refractivity contribution in [2.45, 2.75) is 45.6 Å². The molecule has 0 saturated carbocycles. The van der Waals surface area contributed by atoms with Gasteiger partial charge in [0.15, 0.2) is 11.5 Å². The van der Waals surface area contributed by atoms with Crippen molar-refractivity contribution in [3.8, 4) is 17.2 Å². The second-order valence-corrected chi connectivity index (χ2v) is 7.92. The lowest BCUT2D eigenvalue weighted by atomic mass is 9.91. The molecular weight excluding hydrogens is 422 g/mol. The minimum absolute atomic E-state index is 0.128. The van der Waals surface area contributed by atoms with Gasteiger partial charge in [-0.15, -0.1) is 0 Å². The maximum Gasteiger partial charge on any atom is 0.338 e. The molecule has 1 heterocycles. The van der Waals surface area contributed by atoms with Crippen molar-refractivity contribution in [3.63, 3.8) is 0 Å². The number of hydrogen-bond donors (Lipinski definition) is 0. The maximum atomic E-state index is 13.0. The van der Waals surface area contributed by atoms with E-state index in [1.54, 1.807) is 45.4 Å². The highest BCUT2D eigenvalue weighted by Gasteiger charge is 2.32. The number of carbonyl (C=O) groups is 2. The summed E-state index contributed by atoms with van der Waals surface area (Å²) >= 11 is 0. The number of methoxy groups -OCH3 is 2. The second kappa shape index (κ2) is 11.6. The molecule has 0 bridgehead atoms. The Morgan fingerprint density at radius 1 is 1.03 bits per heavy atom. The van der Waals surface area contributed by atoms with Crippen molar-refractivity contribution in [2.24, 2.45) is 0 Å². The summed E-state index contributed by atoms with van der Waals surface area (Å²) in [6.07, 6.45) is 3.09. The van der Waals surface area contributed by atoms with E-state index in [4.69, 9.17) is 18.9 Å². The Balaban J connectivity index is 1.85. The first-order valence-electron chi connectivity index (χ1n) is 11.5. The molecule has 33 heavy (non-hydrogen) atoms. The zero-order chi connectivity index (χ0) is 23.8. The van der Waals surface area contributed by atoms with Crippen LogP contribution in [-0.2, 0) is 16.0 Å². The van der Waals surface area contributed by atoms with Gasteiger partial charge in [-0.25, -0.2) is 4.79 Å². The van der Waals surface area contributed by atoms with E-state index in [0.717, 1.165) is 30.4 Å². The molecule has 7 nitrogen and oxygen atoms in total. The van der Waals surface area contributed by atoms with Gasteiger partial charge in [0.25, 0.3) is 0 Å². The van der Waals surface area contributed by atoms with Crippen LogP contribution < -0.4 is 14.2 Å². The monoisotopic (exact) mass is 455 g/mol. The number of rotatable bonds is 10. The van der Waals surface area contributed by atoms with Crippen molar-refractivity contribution in [3.05, 3.63) is 53.1 Å². The second-order valence-electron chi connectivity index (χ2n) is 7.92. The molecule has 0 N–H and O–H groups in total. The molecule has 2 aromatic carbocycles. The molecule has 1 aliphatic heterocycles. The SMILES string of the molecule is CCCCC(=O)N1CCc2cc(OC)c(OC)cc2[C@@H]1COc1ccc(C(=O)OCC)cc1. The van der Waals surface area contributed by atoms with Crippen LogP contribution >= 0.6 is 0 Å². The Morgan fingerprint density at radius 3 is 2.36 bits per heavy atom. The van der Waals surface area contributed by atoms with Crippen LogP contribution in [-0.4, -0.2) is 50.8 Å². The number of fused-ring (bicyclic) bond motifs is 1. The first-order chi connectivity index (χ1) is 16.0. The molecule has 0 unspecified atom stereocenters. The predicted molar refractivity (Wildman–Crippen MR) is 125 cm³/mol. The third-order valence-electron chi connectivity index (χ3n) is 5.84. The van der Waals surface area contributed by atoms with Gasteiger partial charge in [0, 0.05) is 13.0 Å². The average Bonchev–Trinajstić information content (AvgIpc) is 2.85. The van der Waals surface area contributed by atoms with Gasteiger partial charge >= 0.3 is 5.97 Å². The highest BCUT2D eigenvalue weighted by molar-refractivity contribution is 5.89. The van der Waals surface area contributed by atoms with Crippen molar-refractivity contribution >= 4 is 11.9 Å². The fourth-order valence-electron chi connectivity index (χ4n) is 4.05. The molecule has 2 aromatic rings. The van der Waals surface area contributed by atoms with Gasteiger partial charge < -0.3 is 23.8 Å². The van der Waals surface area contributed by atoms with Crippen LogP contribution in [0.25, 0.3) is 0 Å². The van der Waals surface area contributed by atoms with E-state index in [0.29, 0.717) is 49.0 Å². The van der Waals surface area contributed by atoms with E-state index in [1.165, 1.54) is 0 Å². The molecule has 178 valence electrons. The van der Waals surface area contributed by atoms with Crippen molar-refractivity contribution in [2.75, 3.05) is 34.0 Å². The van der Waals surface area contributed by atoms with E-state index in [-0.39, 0.29) is 17.9 Å². The lowest BCUT2D eigenvalue weighted by molar-refractivity contribution is -0.135. The Hall–Kier alpha value is -3.22. The van der Waals surface area contributed by atoms with Gasteiger partial charge in [-0.05, 0) is 67.3 Å². The van der Waals surface area contributed by atoms with Crippen molar-refractivity contribution in [1.82, 2.24) is 4.90 Å². The van der Waals surface area contributed by atoms with Gasteiger partial charge in [0.05, 0.1) is 32.4 Å². The van der Waals surface area contributed by atoms with Crippen LogP contribution in [0.2, 0.25) is 0 Å². The summed E-state index contributed by atoms with van der Waals surface area (Å²) in [7, 11) is 3.22. The summed E-state index contributed by atoms with van der Waals surface area (Å²) in [6, 6.07) is 10.5. The van der Waals surface area contributed by atoms with E-state index in [1.807, 2.05) is 17.0 Å². The lowest BCUT2D eigenvalue weighted by Gasteiger charge is -2.37. The molecule has 7 heteroatoms. The van der Waals surface area contributed by atoms with Crippen LogP contribution in [0.15, 0.2) is 36.4 Å². The molecule has 0 aliphatic carbocycles. The van der Waals surface area contributed by atoms with Crippen molar-refractivity contribution < 1.29 is 28.5 Å². The van der Waals surface area contributed by atoms with Gasteiger partial charge in [-0.1, -0.05) is 13.3 Å². The molecule has 0 fully saturated rings. The Morgan fingerprint density at radius 2 is 1.73 bits per heavy atom. The molecule has 1 atom stereocenters. The lowest BCUT2D eigenvalue weighted by Crippen LogP contribution is -2.42. The smallest absolute Gasteiger partial charge is 0.338 e. The number of nitrogens with zero attached hydrogens (tertiary/aromatic N) is 1. The molecule has 1 amide bonds. The van der Waals surface area contributed by atoms with Gasteiger partial charge in [0.2, 0.25) is 5.91 Å². The molecule has 0 saturated heterocycles. The van der Waals surface area contributed by atoms with Gasteiger partial charge in [-0.3, -0.25) is 4.79 Å². The van der Waals surface area contributed by atoms with Gasteiger partial charge in [-0.2, -0.15) is 0 Å². The predicted octanol–water partition coefficient (Wildman–Crippen LogP) is 4.58. The summed E-state index contributed by atoms with van der Waals surface area (Å²) in [4.78, 5) is 26.8. The molecular formula is C26H33NO6. The quantitative estimate of drug-likeness (QED) is 0.489. The number of carbonyl (C=O) groups excluding carboxylic acids is 2. The van der Waals surface area contributed by atoms with Crippen LogP contribution in [0.1, 0.15) is 60.6 Å². The molecule has 1 aliphatic rings. The zero-order valence-electron chi connectivity index (χ0n) is 19.9. The Bertz CT molecular complexity index is 956.